The molecule has 1 aliphatic rings. The van der Waals surface area contributed by atoms with E-state index < -0.39 is 0 Å². The molecular weight excluding hydrogens is 749 g/mol. The minimum absolute atomic E-state index is 0.762. The van der Waals surface area contributed by atoms with Gasteiger partial charge >= 0.3 is 0 Å². The van der Waals surface area contributed by atoms with Gasteiger partial charge in [-0.2, -0.15) is 0 Å². The average molecular weight is 805 g/mol. The fourth-order valence-electron chi connectivity index (χ4n) is 8.30. The normalized spacial score (nSPS) is 11.7. The molecule has 0 N–H and O–H groups in total. The molecule has 7 aromatic carbocycles. The van der Waals surface area contributed by atoms with Gasteiger partial charge in [0.25, 0.3) is 0 Å². The van der Waals surface area contributed by atoms with Gasteiger partial charge < -0.3 is 0 Å². The van der Waals surface area contributed by atoms with Crippen LogP contribution in [0.4, 0.5) is 0 Å². The fourth-order valence-corrected chi connectivity index (χ4v) is 8.30. The second kappa shape index (κ2) is 19.9. The SMILES string of the molecule is C=C(N=C(/C=C(\C)c1cccc2c1-c1cc(C)ccc1C2)c1ccccc1)c1ccccc1.Cc1ccccc1.Cc1ccccc1-c1ccc(C)c(-c2cccnc2C)c1C. The Morgan fingerprint density at radius 1 is 0.516 bits per heavy atom. The molecule has 0 aliphatic heterocycles. The van der Waals surface area contributed by atoms with Gasteiger partial charge in [0.2, 0.25) is 0 Å². The molecule has 1 aliphatic carbocycles. The van der Waals surface area contributed by atoms with Gasteiger partial charge in [-0.25, -0.2) is 4.99 Å². The van der Waals surface area contributed by atoms with Crippen molar-refractivity contribution < 1.29 is 0 Å². The maximum absolute atomic E-state index is 4.98. The number of nitrogens with zero attached hydrogens (tertiary/aromatic N) is 2. The van der Waals surface area contributed by atoms with Crippen molar-refractivity contribution in [1.82, 2.24) is 4.98 Å². The predicted molar refractivity (Wildman–Crippen MR) is 267 cm³/mol. The first kappa shape index (κ1) is 42.9. The third kappa shape index (κ3) is 10.1. The van der Waals surface area contributed by atoms with Crippen LogP contribution in [0.25, 0.3) is 44.7 Å². The molecule has 62 heavy (non-hydrogen) atoms. The van der Waals surface area contributed by atoms with Gasteiger partial charge in [0, 0.05) is 23.0 Å². The quantitative estimate of drug-likeness (QED) is 0.147. The lowest BCUT2D eigenvalue weighted by molar-refractivity contribution is 1.19. The first-order chi connectivity index (χ1) is 30.1. The molecule has 1 heterocycles. The molecule has 2 heteroatoms. The van der Waals surface area contributed by atoms with E-state index in [1.165, 1.54) is 83.5 Å². The molecule has 0 radical (unpaired) electrons. The van der Waals surface area contributed by atoms with E-state index in [1.807, 2.05) is 66.9 Å². The van der Waals surface area contributed by atoms with Crippen molar-refractivity contribution in [3.05, 3.63) is 256 Å². The minimum atomic E-state index is 0.762. The number of aliphatic imine (C=N–C) groups is 1. The van der Waals surface area contributed by atoms with Gasteiger partial charge in [-0.05, 0) is 139 Å². The molecule has 2 nitrogen and oxygen atoms in total. The van der Waals surface area contributed by atoms with E-state index in [4.69, 9.17) is 4.99 Å². The Kier molecular flexibility index (Phi) is 13.8. The number of hydrogen-bond donors (Lipinski definition) is 0. The van der Waals surface area contributed by atoms with Crippen LogP contribution in [-0.2, 0) is 6.42 Å². The molecule has 0 unspecified atom stereocenters. The third-order valence-corrected chi connectivity index (χ3v) is 11.6. The lowest BCUT2D eigenvalue weighted by Crippen LogP contribution is -1.99. The van der Waals surface area contributed by atoms with E-state index in [1.54, 1.807) is 0 Å². The molecule has 0 amide bonds. The highest BCUT2D eigenvalue weighted by Gasteiger charge is 2.22. The number of fused-ring (bicyclic) bond motifs is 3. The smallest absolute Gasteiger partial charge is 0.0712 e. The van der Waals surface area contributed by atoms with Crippen molar-refractivity contribution in [1.29, 1.82) is 0 Å². The van der Waals surface area contributed by atoms with E-state index >= 15 is 0 Å². The van der Waals surface area contributed by atoms with E-state index in [0.717, 1.165) is 34.7 Å². The van der Waals surface area contributed by atoms with Crippen LogP contribution >= 0.6 is 0 Å². The van der Waals surface area contributed by atoms with E-state index in [-0.39, 0.29) is 0 Å². The first-order valence-corrected chi connectivity index (χ1v) is 21.5. The number of rotatable bonds is 7. The van der Waals surface area contributed by atoms with Crippen LogP contribution in [-0.4, -0.2) is 10.7 Å². The fraction of sp³-hybridized carbons (Fsp3) is 0.133. The summed E-state index contributed by atoms with van der Waals surface area (Å²) < 4.78 is 0. The summed E-state index contributed by atoms with van der Waals surface area (Å²) in [4.78, 5) is 9.44. The maximum Gasteiger partial charge on any atom is 0.0712 e. The molecule has 0 saturated heterocycles. The molecule has 0 spiro atoms. The lowest BCUT2D eigenvalue weighted by Gasteiger charge is -2.17. The minimum Gasteiger partial charge on any atom is -0.261 e. The number of aryl methyl sites for hydroxylation is 5. The van der Waals surface area contributed by atoms with Crippen LogP contribution in [0, 0.1) is 41.5 Å². The van der Waals surface area contributed by atoms with Crippen molar-refractivity contribution in [2.75, 3.05) is 0 Å². The van der Waals surface area contributed by atoms with Crippen LogP contribution in [0.3, 0.4) is 0 Å². The number of hydrogen-bond acceptors (Lipinski definition) is 2. The monoisotopic (exact) mass is 804 g/mol. The van der Waals surface area contributed by atoms with Crippen molar-refractivity contribution >= 4 is 17.0 Å². The van der Waals surface area contributed by atoms with Crippen molar-refractivity contribution in [2.24, 2.45) is 4.99 Å². The summed E-state index contributed by atoms with van der Waals surface area (Å²) in [7, 11) is 0. The Balaban J connectivity index is 0.000000170. The summed E-state index contributed by atoms with van der Waals surface area (Å²) in [5.74, 6) is 0. The van der Waals surface area contributed by atoms with Crippen LogP contribution in [0.15, 0.2) is 200 Å². The van der Waals surface area contributed by atoms with Gasteiger partial charge in [0.15, 0.2) is 0 Å². The van der Waals surface area contributed by atoms with Gasteiger partial charge in [0.1, 0.15) is 0 Å². The van der Waals surface area contributed by atoms with Gasteiger partial charge in [-0.3, -0.25) is 4.98 Å². The van der Waals surface area contributed by atoms with Crippen LogP contribution in [0.5, 0.6) is 0 Å². The molecule has 1 aromatic heterocycles. The van der Waals surface area contributed by atoms with Crippen molar-refractivity contribution in [3.8, 4) is 33.4 Å². The average Bonchev–Trinajstić information content (AvgIpc) is 3.66. The zero-order valence-electron chi connectivity index (χ0n) is 37.2. The summed E-state index contributed by atoms with van der Waals surface area (Å²) in [5, 5.41) is 0. The van der Waals surface area contributed by atoms with E-state index in [0.29, 0.717) is 0 Å². The summed E-state index contributed by atoms with van der Waals surface area (Å²) in [6.45, 7) is 19.3. The summed E-state index contributed by atoms with van der Waals surface area (Å²) >= 11 is 0. The van der Waals surface area contributed by atoms with Gasteiger partial charge in [0.05, 0.1) is 11.4 Å². The second-order valence-electron chi connectivity index (χ2n) is 16.2. The summed E-state index contributed by atoms with van der Waals surface area (Å²) in [6, 6.07) is 61.4. The Morgan fingerprint density at radius 2 is 1.16 bits per heavy atom. The molecule has 8 aromatic rings. The first-order valence-electron chi connectivity index (χ1n) is 21.5. The highest BCUT2D eigenvalue weighted by atomic mass is 14.8. The Morgan fingerprint density at radius 3 is 1.82 bits per heavy atom. The van der Waals surface area contributed by atoms with Gasteiger partial charge in [-0.15, -0.1) is 0 Å². The lowest BCUT2D eigenvalue weighted by atomic mass is 9.88. The second-order valence-corrected chi connectivity index (χ2v) is 16.2. The van der Waals surface area contributed by atoms with E-state index in [2.05, 4.69) is 181 Å². The molecule has 0 saturated carbocycles. The number of pyridine rings is 1. The Bertz CT molecular complexity index is 2880. The molecular formula is C60H56N2. The zero-order chi connectivity index (χ0) is 43.6. The molecule has 0 atom stereocenters. The summed E-state index contributed by atoms with van der Waals surface area (Å²) in [5.41, 5.74) is 24.6. The summed E-state index contributed by atoms with van der Waals surface area (Å²) in [6.07, 6.45) is 5.05. The molecule has 9 rings (SSSR count). The molecule has 306 valence electrons. The Hall–Kier alpha value is -7.16. The number of allylic oxidation sites excluding steroid dienone is 2. The predicted octanol–water partition coefficient (Wildman–Crippen LogP) is 15.8. The highest BCUT2D eigenvalue weighted by molar-refractivity contribution is 6.14. The standard InChI is InChI=1S/C32H27N.C21H21N.C7H8/c1-22-17-18-27-21-28-15-10-16-29(32(28)30(27)19-22)23(2)20-31(26-13-8-5-9-14-26)33-24(3)25-11-6-4-7-12-25;1-14-8-5-6-9-18(14)19-12-11-15(2)21(16(19)3)20-10-7-13-22-17(20)4;1-7-5-3-2-4-6-7/h4-20H,3,21H2,1-2H3;5-13H,1-4H3;2-6H,1H3/b23-20+,33-31?;;. The highest BCUT2D eigenvalue weighted by Crippen LogP contribution is 2.42. The van der Waals surface area contributed by atoms with E-state index in [9.17, 15) is 0 Å². The third-order valence-electron chi connectivity index (χ3n) is 11.6. The Labute approximate surface area is 369 Å². The number of benzene rings is 7. The van der Waals surface area contributed by atoms with Crippen molar-refractivity contribution in [3.63, 3.8) is 0 Å². The largest absolute Gasteiger partial charge is 0.261 e. The maximum atomic E-state index is 4.98. The molecule has 0 bridgehead atoms. The van der Waals surface area contributed by atoms with Crippen molar-refractivity contribution in [2.45, 2.75) is 54.9 Å². The zero-order valence-corrected chi connectivity index (χ0v) is 37.2. The van der Waals surface area contributed by atoms with Crippen LogP contribution in [0.1, 0.15) is 68.3 Å². The van der Waals surface area contributed by atoms with Crippen LogP contribution in [0.2, 0.25) is 0 Å². The van der Waals surface area contributed by atoms with Gasteiger partial charge in [-0.1, -0.05) is 188 Å². The number of aromatic nitrogens is 1. The molecule has 0 fully saturated rings. The topological polar surface area (TPSA) is 25.2 Å². The van der Waals surface area contributed by atoms with Crippen LogP contribution < -0.4 is 0 Å².